The first-order valence-corrected chi connectivity index (χ1v) is 25.6. The summed E-state index contributed by atoms with van der Waals surface area (Å²) in [7, 11) is 0. The molecule has 14 rings (SSSR count). The van der Waals surface area contributed by atoms with Gasteiger partial charge in [0.25, 0.3) is 0 Å². The number of fused-ring (bicyclic) bond motifs is 12. The summed E-state index contributed by atoms with van der Waals surface area (Å²) in [5, 5.41) is 2.13. The molecule has 2 heterocycles. The Morgan fingerprint density at radius 3 is 1.61 bits per heavy atom. The molecule has 342 valence electrons. The van der Waals surface area contributed by atoms with Gasteiger partial charge in [-0.1, -0.05) is 182 Å². The minimum atomic E-state index is -0.521. The lowest BCUT2D eigenvalue weighted by Crippen LogP contribution is -2.32. The van der Waals surface area contributed by atoms with Crippen LogP contribution in [0.5, 0.6) is 0 Å². The number of furan rings is 1. The summed E-state index contributed by atoms with van der Waals surface area (Å²) >= 11 is 1.88. The first kappa shape index (κ1) is 42.1. The highest BCUT2D eigenvalue weighted by atomic mass is 32.2. The Labute approximate surface area is 424 Å². The zero-order valence-electron chi connectivity index (χ0n) is 39.3. The molecule has 5 heteroatoms. The highest BCUT2D eigenvalue weighted by Gasteiger charge is 2.51. The van der Waals surface area contributed by atoms with E-state index in [1.54, 1.807) is 0 Å². The van der Waals surface area contributed by atoms with Crippen LogP contribution >= 0.6 is 11.8 Å². The fourth-order valence-corrected chi connectivity index (χ4v) is 13.0. The van der Waals surface area contributed by atoms with Crippen LogP contribution in [0.15, 0.2) is 281 Å². The third kappa shape index (κ3) is 6.62. The van der Waals surface area contributed by atoms with Crippen molar-refractivity contribution in [1.29, 1.82) is 0 Å². The fraction of sp³-hybridized carbons (Fsp3) is 0.0448. The molecule has 3 aliphatic rings. The van der Waals surface area contributed by atoms with Gasteiger partial charge in [-0.05, 0) is 119 Å². The summed E-state index contributed by atoms with van der Waals surface area (Å²) < 4.78 is 7.29. The lowest BCUT2D eigenvalue weighted by molar-refractivity contribution is 0.669. The number of nitrogens with zero attached hydrogens (tertiary/aromatic N) is 3. The molecule has 72 heavy (non-hydrogen) atoms. The lowest BCUT2D eigenvalue weighted by atomic mass is 9.67. The van der Waals surface area contributed by atoms with E-state index in [2.05, 4.69) is 282 Å². The van der Waals surface area contributed by atoms with Gasteiger partial charge in [-0.15, -0.1) is 0 Å². The second-order valence-electron chi connectivity index (χ2n) is 18.7. The van der Waals surface area contributed by atoms with Crippen molar-refractivity contribution in [3.63, 3.8) is 0 Å². The Bertz CT molecular complexity index is 3820. The topological polar surface area (TPSA) is 22.9 Å². The van der Waals surface area contributed by atoms with E-state index in [0.29, 0.717) is 0 Å². The molecule has 0 radical (unpaired) electrons. The van der Waals surface area contributed by atoms with Crippen LogP contribution in [0, 0.1) is 0 Å². The molecule has 1 aliphatic heterocycles. The van der Waals surface area contributed by atoms with Gasteiger partial charge in [0.05, 0.1) is 33.9 Å². The van der Waals surface area contributed by atoms with Crippen LogP contribution in [0.2, 0.25) is 0 Å². The van der Waals surface area contributed by atoms with E-state index in [9.17, 15) is 0 Å². The van der Waals surface area contributed by atoms with Crippen LogP contribution in [-0.4, -0.2) is 6.04 Å². The van der Waals surface area contributed by atoms with Gasteiger partial charge >= 0.3 is 0 Å². The van der Waals surface area contributed by atoms with E-state index in [0.717, 1.165) is 73.9 Å². The van der Waals surface area contributed by atoms with Crippen LogP contribution in [-0.2, 0) is 5.41 Å². The van der Waals surface area contributed by atoms with E-state index in [1.165, 1.54) is 43.2 Å². The number of para-hydroxylation sites is 4. The van der Waals surface area contributed by atoms with Gasteiger partial charge in [0.1, 0.15) is 11.2 Å². The molecule has 2 aliphatic carbocycles. The zero-order chi connectivity index (χ0) is 47.6. The third-order valence-electron chi connectivity index (χ3n) is 14.8. The van der Waals surface area contributed by atoms with Crippen molar-refractivity contribution in [2.75, 3.05) is 14.7 Å². The largest absolute Gasteiger partial charge is 0.456 e. The van der Waals surface area contributed by atoms with Crippen LogP contribution in [0.4, 0.5) is 45.5 Å². The van der Waals surface area contributed by atoms with Crippen molar-refractivity contribution in [3.05, 3.63) is 289 Å². The number of anilines is 8. The molecule has 0 saturated heterocycles. The maximum atomic E-state index is 7.29. The molecular weight excluding hydrogens is 895 g/mol. The number of rotatable bonds is 9. The maximum absolute atomic E-state index is 7.29. The average molecular weight is 942 g/mol. The Morgan fingerprint density at radius 2 is 0.972 bits per heavy atom. The Balaban J connectivity index is 1.05. The highest BCUT2D eigenvalue weighted by Crippen LogP contribution is 2.64. The van der Waals surface area contributed by atoms with Gasteiger partial charge < -0.3 is 19.1 Å². The smallest absolute Gasteiger partial charge is 0.139 e. The molecule has 1 atom stereocenters. The van der Waals surface area contributed by atoms with Gasteiger partial charge in [-0.2, -0.15) is 0 Å². The van der Waals surface area contributed by atoms with E-state index in [-0.39, 0.29) is 6.04 Å². The van der Waals surface area contributed by atoms with Gasteiger partial charge in [0, 0.05) is 61.3 Å². The van der Waals surface area contributed by atoms with Crippen molar-refractivity contribution in [3.8, 4) is 11.1 Å². The Hall–Kier alpha value is -8.77. The first-order chi connectivity index (χ1) is 35.7. The van der Waals surface area contributed by atoms with Crippen LogP contribution in [0.25, 0.3) is 33.1 Å². The second kappa shape index (κ2) is 17.3. The van der Waals surface area contributed by atoms with Crippen molar-refractivity contribution in [2.45, 2.75) is 27.7 Å². The predicted octanol–water partition coefficient (Wildman–Crippen LogP) is 18.4. The lowest BCUT2D eigenvalue weighted by Gasteiger charge is -2.39. The van der Waals surface area contributed by atoms with Crippen LogP contribution in [0.1, 0.15) is 28.7 Å². The molecule has 1 unspecified atom stereocenters. The van der Waals surface area contributed by atoms with Gasteiger partial charge in [0.15, 0.2) is 0 Å². The SMILES string of the molecule is C1=CCC(N(c2ccccc2)c2cc(N(c3ccccc3)c3cccc4c3-c3ccccc3C43c4ccccc4Sc4ccccc43)cc3oc4cc(N(c5ccccc5)c5ccccc5)ccc4c23)C=C1. The van der Waals surface area contributed by atoms with Gasteiger partial charge in [-0.3, -0.25) is 0 Å². The zero-order valence-corrected chi connectivity index (χ0v) is 40.2. The Kier molecular flexibility index (Phi) is 10.1. The molecule has 1 aromatic heterocycles. The van der Waals surface area contributed by atoms with Crippen LogP contribution < -0.4 is 14.7 Å². The van der Waals surface area contributed by atoms with Crippen molar-refractivity contribution in [2.24, 2.45) is 0 Å². The summed E-state index contributed by atoms with van der Waals surface area (Å²) in [6.07, 6.45) is 9.81. The van der Waals surface area contributed by atoms with E-state index < -0.39 is 5.41 Å². The normalized spacial score (nSPS) is 14.7. The number of hydrogen-bond acceptors (Lipinski definition) is 5. The average Bonchev–Trinajstić information content (AvgIpc) is 3.97. The quantitative estimate of drug-likeness (QED) is 0.143. The summed E-state index contributed by atoms with van der Waals surface area (Å²) in [4.78, 5) is 9.86. The van der Waals surface area contributed by atoms with Gasteiger partial charge in [0.2, 0.25) is 0 Å². The molecule has 1 spiro atoms. The summed E-state index contributed by atoms with van der Waals surface area (Å²) in [6, 6.07) is 88.5. The summed E-state index contributed by atoms with van der Waals surface area (Å²) in [6.45, 7) is 0. The molecule has 0 amide bonds. The minimum Gasteiger partial charge on any atom is -0.456 e. The van der Waals surface area contributed by atoms with E-state index in [4.69, 9.17) is 4.42 Å². The predicted molar refractivity (Wildman–Crippen MR) is 300 cm³/mol. The van der Waals surface area contributed by atoms with Crippen LogP contribution in [0.3, 0.4) is 0 Å². The number of allylic oxidation sites excluding steroid dienone is 2. The van der Waals surface area contributed by atoms with E-state index in [1.807, 2.05) is 11.8 Å². The molecule has 0 saturated carbocycles. The molecule has 10 aromatic carbocycles. The monoisotopic (exact) mass is 941 g/mol. The molecule has 4 nitrogen and oxygen atoms in total. The maximum Gasteiger partial charge on any atom is 0.139 e. The highest BCUT2D eigenvalue weighted by molar-refractivity contribution is 7.99. The molecule has 0 N–H and O–H groups in total. The molecular formula is C67H47N3OS. The van der Waals surface area contributed by atoms with Crippen molar-refractivity contribution < 1.29 is 4.42 Å². The van der Waals surface area contributed by atoms with Crippen molar-refractivity contribution in [1.82, 2.24) is 0 Å². The minimum absolute atomic E-state index is 0.0499. The number of benzene rings is 10. The van der Waals surface area contributed by atoms with E-state index >= 15 is 0 Å². The van der Waals surface area contributed by atoms with Crippen molar-refractivity contribution >= 4 is 79.2 Å². The summed E-state index contributed by atoms with van der Waals surface area (Å²) in [5.41, 5.74) is 17.3. The molecule has 0 bridgehead atoms. The first-order valence-electron chi connectivity index (χ1n) is 24.8. The standard InChI is InChI=1S/C67H47N3OS/c1-6-23-46(24-7-1)68(47-25-8-2-9-26-47)51-41-42-54-61(44-51)71-62-45-52(43-60(66(54)62)69(48-27-10-3-11-28-48)49-29-12-4-13-30-49)70(50-31-14-5-15-32-50)59-38-22-37-58-65(59)53-33-16-17-34-55(53)67(58)56-35-18-20-39-63(56)72-64-40-21-19-36-57(64)67/h1-29,31-45,49H,30H2. The molecule has 11 aromatic rings. The Morgan fingerprint density at radius 1 is 0.417 bits per heavy atom. The third-order valence-corrected chi connectivity index (χ3v) is 15.9. The summed E-state index contributed by atoms with van der Waals surface area (Å²) in [5.74, 6) is 0. The molecule has 0 fully saturated rings. The number of hydrogen-bond donors (Lipinski definition) is 0. The fourth-order valence-electron chi connectivity index (χ4n) is 11.8. The van der Waals surface area contributed by atoms with Gasteiger partial charge in [-0.25, -0.2) is 0 Å². The second-order valence-corrected chi connectivity index (χ2v) is 19.8.